The Labute approximate surface area is 107 Å². The Hall–Kier alpha value is -0.0800. The van der Waals surface area contributed by atoms with Crippen LogP contribution >= 0.6 is 0 Å². The molecule has 2 unspecified atom stereocenters. The fourth-order valence-corrected chi connectivity index (χ4v) is 3.72. The minimum atomic E-state index is 0.496. The average molecular weight is 238 g/mol. The van der Waals surface area contributed by atoms with Crippen molar-refractivity contribution in [2.75, 3.05) is 13.1 Å². The molecule has 2 heteroatoms. The van der Waals surface area contributed by atoms with Crippen LogP contribution in [0.1, 0.15) is 59.8 Å². The Balaban J connectivity index is 2.09. The van der Waals surface area contributed by atoms with Crippen molar-refractivity contribution in [3.8, 4) is 0 Å². The van der Waals surface area contributed by atoms with Crippen LogP contribution in [0.25, 0.3) is 0 Å². The van der Waals surface area contributed by atoms with Gasteiger partial charge < -0.3 is 5.32 Å². The number of rotatable bonds is 3. The highest BCUT2D eigenvalue weighted by Crippen LogP contribution is 2.37. The number of hydrogen-bond donors (Lipinski definition) is 1. The van der Waals surface area contributed by atoms with E-state index in [1.807, 2.05) is 0 Å². The van der Waals surface area contributed by atoms with Gasteiger partial charge in [0, 0.05) is 30.7 Å². The largest absolute Gasteiger partial charge is 0.311 e. The smallest absolute Gasteiger partial charge is 0.0224 e. The lowest BCUT2D eigenvalue weighted by Gasteiger charge is -2.50. The zero-order chi connectivity index (χ0) is 12.5. The average Bonchev–Trinajstić information content (AvgIpc) is 2.76. The molecule has 0 aromatic rings. The third-order valence-electron chi connectivity index (χ3n) is 5.10. The molecule has 1 aliphatic carbocycles. The van der Waals surface area contributed by atoms with Gasteiger partial charge in [-0.3, -0.25) is 4.90 Å². The summed E-state index contributed by atoms with van der Waals surface area (Å²) in [5.74, 6) is 0.750. The predicted octanol–water partition coefficient (Wildman–Crippen LogP) is 3.03. The topological polar surface area (TPSA) is 15.3 Å². The molecular formula is C15H30N2. The summed E-state index contributed by atoms with van der Waals surface area (Å²) >= 11 is 0. The van der Waals surface area contributed by atoms with Gasteiger partial charge in [-0.15, -0.1) is 0 Å². The maximum absolute atomic E-state index is 3.75. The summed E-state index contributed by atoms with van der Waals surface area (Å²) < 4.78 is 0. The molecule has 2 atom stereocenters. The molecule has 17 heavy (non-hydrogen) atoms. The van der Waals surface area contributed by atoms with Gasteiger partial charge in [-0.2, -0.15) is 0 Å². The van der Waals surface area contributed by atoms with Crippen LogP contribution in [0, 0.1) is 5.92 Å². The Bertz CT molecular complexity index is 243. The molecule has 0 amide bonds. The number of hydrogen-bond acceptors (Lipinski definition) is 2. The molecule has 100 valence electrons. The van der Waals surface area contributed by atoms with Gasteiger partial charge >= 0.3 is 0 Å². The first-order valence-corrected chi connectivity index (χ1v) is 7.57. The second-order valence-electron chi connectivity index (χ2n) is 6.68. The number of piperazine rings is 1. The van der Waals surface area contributed by atoms with Crippen molar-refractivity contribution in [1.82, 2.24) is 10.2 Å². The van der Waals surface area contributed by atoms with Crippen molar-refractivity contribution in [2.24, 2.45) is 5.92 Å². The maximum atomic E-state index is 3.75. The van der Waals surface area contributed by atoms with Crippen molar-refractivity contribution < 1.29 is 0 Å². The Kier molecular flexibility index (Phi) is 4.14. The lowest BCUT2D eigenvalue weighted by atomic mass is 9.90. The third kappa shape index (κ3) is 2.68. The highest BCUT2D eigenvalue weighted by Gasteiger charge is 2.41. The molecule has 2 rings (SSSR count). The van der Waals surface area contributed by atoms with E-state index < -0.39 is 0 Å². The molecule has 1 saturated carbocycles. The summed E-state index contributed by atoms with van der Waals surface area (Å²) in [6, 6.07) is 1.45. The van der Waals surface area contributed by atoms with Crippen LogP contribution in [0.4, 0.5) is 0 Å². The molecule has 1 saturated heterocycles. The minimum absolute atomic E-state index is 0.496. The van der Waals surface area contributed by atoms with Gasteiger partial charge in [0.15, 0.2) is 0 Å². The summed E-state index contributed by atoms with van der Waals surface area (Å²) in [5.41, 5.74) is 0.496. The zero-order valence-corrected chi connectivity index (χ0v) is 12.1. The lowest BCUT2D eigenvalue weighted by molar-refractivity contribution is 0.0137. The summed E-state index contributed by atoms with van der Waals surface area (Å²) in [4.78, 5) is 2.85. The second-order valence-corrected chi connectivity index (χ2v) is 6.68. The van der Waals surface area contributed by atoms with E-state index in [-0.39, 0.29) is 0 Å². The first kappa shape index (κ1) is 13.4. The van der Waals surface area contributed by atoms with E-state index in [1.165, 1.54) is 45.2 Å². The van der Waals surface area contributed by atoms with Crippen LogP contribution in [0.2, 0.25) is 0 Å². The molecule has 2 aliphatic rings. The molecular weight excluding hydrogens is 208 g/mol. The van der Waals surface area contributed by atoms with Crippen LogP contribution in [-0.2, 0) is 0 Å². The predicted molar refractivity (Wildman–Crippen MR) is 74.3 cm³/mol. The summed E-state index contributed by atoms with van der Waals surface area (Å²) in [6.07, 6.45) is 6.97. The van der Waals surface area contributed by atoms with Gasteiger partial charge in [0.05, 0.1) is 0 Å². The molecule has 0 aromatic heterocycles. The zero-order valence-electron chi connectivity index (χ0n) is 12.1. The molecule has 0 radical (unpaired) electrons. The van der Waals surface area contributed by atoms with Crippen molar-refractivity contribution >= 4 is 0 Å². The molecule has 0 bridgehead atoms. The first-order chi connectivity index (χ1) is 8.07. The van der Waals surface area contributed by atoms with E-state index in [0.29, 0.717) is 11.6 Å². The van der Waals surface area contributed by atoms with Crippen LogP contribution in [0.5, 0.6) is 0 Å². The van der Waals surface area contributed by atoms with Crippen LogP contribution in [0.15, 0.2) is 0 Å². The number of nitrogens with zero attached hydrogens (tertiary/aromatic N) is 1. The Morgan fingerprint density at radius 2 is 1.94 bits per heavy atom. The lowest BCUT2D eigenvalue weighted by Crippen LogP contribution is -2.63. The van der Waals surface area contributed by atoms with E-state index in [0.717, 1.165) is 12.0 Å². The van der Waals surface area contributed by atoms with E-state index in [4.69, 9.17) is 0 Å². The summed E-state index contributed by atoms with van der Waals surface area (Å²) in [5, 5.41) is 3.75. The molecule has 1 aliphatic heterocycles. The van der Waals surface area contributed by atoms with Crippen LogP contribution in [0.3, 0.4) is 0 Å². The maximum Gasteiger partial charge on any atom is 0.0224 e. The minimum Gasteiger partial charge on any atom is -0.311 e. The summed E-state index contributed by atoms with van der Waals surface area (Å²) in [7, 11) is 0. The molecule has 2 fully saturated rings. The monoisotopic (exact) mass is 238 g/mol. The van der Waals surface area contributed by atoms with Gasteiger partial charge in [-0.05, 0) is 32.1 Å². The fraction of sp³-hybridized carbons (Fsp3) is 1.00. The highest BCUT2D eigenvalue weighted by molar-refractivity contribution is 4.98. The van der Waals surface area contributed by atoms with Crippen molar-refractivity contribution in [3.05, 3.63) is 0 Å². The molecule has 2 nitrogen and oxygen atoms in total. The van der Waals surface area contributed by atoms with Gasteiger partial charge in [-0.25, -0.2) is 0 Å². The van der Waals surface area contributed by atoms with E-state index in [1.54, 1.807) is 0 Å². The standard InChI is InChI=1S/C15H30N2/c1-5-13-10-16-14(12(2)3)11-17(13)15(4)8-6-7-9-15/h12-14,16H,5-11H2,1-4H3. The Morgan fingerprint density at radius 3 is 2.47 bits per heavy atom. The van der Waals surface area contributed by atoms with E-state index in [9.17, 15) is 0 Å². The molecule has 1 heterocycles. The van der Waals surface area contributed by atoms with Crippen molar-refractivity contribution in [2.45, 2.75) is 77.4 Å². The highest BCUT2D eigenvalue weighted by atomic mass is 15.3. The molecule has 0 aromatic carbocycles. The fourth-order valence-electron chi connectivity index (χ4n) is 3.72. The first-order valence-electron chi connectivity index (χ1n) is 7.57. The Morgan fingerprint density at radius 1 is 1.29 bits per heavy atom. The van der Waals surface area contributed by atoms with Crippen LogP contribution in [-0.4, -0.2) is 35.6 Å². The van der Waals surface area contributed by atoms with Crippen LogP contribution < -0.4 is 5.32 Å². The quantitative estimate of drug-likeness (QED) is 0.813. The van der Waals surface area contributed by atoms with E-state index in [2.05, 4.69) is 37.9 Å². The van der Waals surface area contributed by atoms with Gasteiger partial charge in [-0.1, -0.05) is 33.6 Å². The van der Waals surface area contributed by atoms with Gasteiger partial charge in [0.2, 0.25) is 0 Å². The SMILES string of the molecule is CCC1CNC(C(C)C)CN1C1(C)CCCC1. The summed E-state index contributed by atoms with van der Waals surface area (Å²) in [6.45, 7) is 12.0. The normalized spacial score (nSPS) is 34.4. The van der Waals surface area contributed by atoms with Gasteiger partial charge in [0.25, 0.3) is 0 Å². The molecule has 1 N–H and O–H groups in total. The van der Waals surface area contributed by atoms with E-state index >= 15 is 0 Å². The van der Waals surface area contributed by atoms with Crippen molar-refractivity contribution in [1.29, 1.82) is 0 Å². The van der Waals surface area contributed by atoms with Crippen molar-refractivity contribution in [3.63, 3.8) is 0 Å². The third-order valence-corrected chi connectivity index (χ3v) is 5.10. The van der Waals surface area contributed by atoms with Gasteiger partial charge in [0.1, 0.15) is 0 Å². The molecule has 0 spiro atoms. The second kappa shape index (κ2) is 5.27. The number of nitrogens with one attached hydrogen (secondary N) is 1.